The van der Waals surface area contributed by atoms with E-state index in [-0.39, 0.29) is 17.5 Å². The molecular weight excluding hydrogens is 282 g/mol. The van der Waals surface area contributed by atoms with E-state index in [0.29, 0.717) is 11.4 Å². The SMILES string of the molecule is O=C(O)c1cccc(NC(=O)c2ccnn2C2CCCC2)c1. The number of aromatic carboxylic acids is 1. The summed E-state index contributed by atoms with van der Waals surface area (Å²) >= 11 is 0. The van der Waals surface area contributed by atoms with Gasteiger partial charge in [-0.3, -0.25) is 9.48 Å². The van der Waals surface area contributed by atoms with E-state index in [1.807, 2.05) is 0 Å². The number of hydrogen-bond acceptors (Lipinski definition) is 3. The van der Waals surface area contributed by atoms with Crippen LogP contribution in [0.25, 0.3) is 0 Å². The number of benzene rings is 1. The maximum Gasteiger partial charge on any atom is 0.335 e. The van der Waals surface area contributed by atoms with Crippen molar-refractivity contribution in [2.24, 2.45) is 0 Å². The number of carboxylic acids is 1. The van der Waals surface area contributed by atoms with Crippen molar-refractivity contribution < 1.29 is 14.7 Å². The van der Waals surface area contributed by atoms with E-state index in [0.717, 1.165) is 25.7 Å². The molecule has 1 fully saturated rings. The quantitative estimate of drug-likeness (QED) is 0.909. The Kier molecular flexibility index (Phi) is 3.91. The second-order valence-corrected chi connectivity index (χ2v) is 5.44. The number of hydrogen-bond donors (Lipinski definition) is 2. The third-order valence-corrected chi connectivity index (χ3v) is 3.94. The van der Waals surface area contributed by atoms with E-state index in [9.17, 15) is 9.59 Å². The van der Waals surface area contributed by atoms with Gasteiger partial charge in [0.2, 0.25) is 0 Å². The van der Waals surface area contributed by atoms with Crippen LogP contribution in [0.15, 0.2) is 36.5 Å². The van der Waals surface area contributed by atoms with Crippen LogP contribution >= 0.6 is 0 Å². The molecule has 0 unspecified atom stereocenters. The fraction of sp³-hybridized carbons (Fsp3) is 0.312. The minimum Gasteiger partial charge on any atom is -0.478 e. The second-order valence-electron chi connectivity index (χ2n) is 5.44. The van der Waals surface area contributed by atoms with Crippen LogP contribution < -0.4 is 5.32 Å². The monoisotopic (exact) mass is 299 g/mol. The van der Waals surface area contributed by atoms with Crippen LogP contribution in [0.3, 0.4) is 0 Å². The molecule has 1 aliphatic rings. The van der Waals surface area contributed by atoms with Gasteiger partial charge in [0.25, 0.3) is 5.91 Å². The highest BCUT2D eigenvalue weighted by molar-refractivity contribution is 6.03. The zero-order valence-electron chi connectivity index (χ0n) is 12.0. The van der Waals surface area contributed by atoms with E-state index in [1.54, 1.807) is 29.1 Å². The average molecular weight is 299 g/mol. The molecular formula is C16H17N3O3. The average Bonchev–Trinajstić information content (AvgIpc) is 3.18. The Labute approximate surface area is 127 Å². The largest absolute Gasteiger partial charge is 0.478 e. The number of nitrogens with one attached hydrogen (secondary N) is 1. The molecule has 0 aliphatic heterocycles. The van der Waals surface area contributed by atoms with Crippen LogP contribution in [0.5, 0.6) is 0 Å². The molecule has 1 amide bonds. The van der Waals surface area contributed by atoms with Crippen molar-refractivity contribution in [2.45, 2.75) is 31.7 Å². The van der Waals surface area contributed by atoms with E-state index in [4.69, 9.17) is 5.11 Å². The van der Waals surface area contributed by atoms with Gasteiger partial charge in [-0.2, -0.15) is 5.10 Å². The van der Waals surface area contributed by atoms with Crippen molar-refractivity contribution in [2.75, 3.05) is 5.32 Å². The highest BCUT2D eigenvalue weighted by Gasteiger charge is 2.22. The molecule has 2 aromatic rings. The fourth-order valence-corrected chi connectivity index (χ4v) is 2.86. The lowest BCUT2D eigenvalue weighted by atomic mass is 10.2. The maximum absolute atomic E-state index is 12.4. The third-order valence-electron chi connectivity index (χ3n) is 3.94. The van der Waals surface area contributed by atoms with Crippen LogP contribution in [0.2, 0.25) is 0 Å². The highest BCUT2D eigenvalue weighted by atomic mass is 16.4. The summed E-state index contributed by atoms with van der Waals surface area (Å²) in [6.45, 7) is 0. The summed E-state index contributed by atoms with van der Waals surface area (Å²) < 4.78 is 1.78. The Morgan fingerprint density at radius 2 is 2.00 bits per heavy atom. The van der Waals surface area contributed by atoms with Crippen LogP contribution in [0.4, 0.5) is 5.69 Å². The minimum atomic E-state index is -1.02. The molecule has 2 N–H and O–H groups in total. The molecule has 1 aromatic carbocycles. The second kappa shape index (κ2) is 6.01. The molecule has 1 heterocycles. The topological polar surface area (TPSA) is 84.2 Å². The van der Waals surface area contributed by atoms with Crippen LogP contribution in [-0.2, 0) is 0 Å². The van der Waals surface area contributed by atoms with Gasteiger partial charge in [-0.25, -0.2) is 4.79 Å². The molecule has 0 spiro atoms. The molecule has 0 radical (unpaired) electrons. The van der Waals surface area contributed by atoms with Gasteiger partial charge < -0.3 is 10.4 Å². The molecule has 1 aromatic heterocycles. The molecule has 6 heteroatoms. The summed E-state index contributed by atoms with van der Waals surface area (Å²) in [6.07, 6.45) is 6.02. The summed E-state index contributed by atoms with van der Waals surface area (Å²) in [7, 11) is 0. The number of carbonyl (C=O) groups is 2. The van der Waals surface area contributed by atoms with E-state index in [2.05, 4.69) is 10.4 Å². The maximum atomic E-state index is 12.4. The Hall–Kier alpha value is -2.63. The van der Waals surface area contributed by atoms with E-state index < -0.39 is 5.97 Å². The summed E-state index contributed by atoms with van der Waals surface area (Å²) in [6, 6.07) is 8.17. The van der Waals surface area contributed by atoms with Crippen LogP contribution in [0.1, 0.15) is 52.6 Å². The molecule has 6 nitrogen and oxygen atoms in total. The van der Waals surface area contributed by atoms with Crippen molar-refractivity contribution in [3.05, 3.63) is 47.8 Å². The number of amides is 1. The Morgan fingerprint density at radius 3 is 2.73 bits per heavy atom. The first-order valence-corrected chi connectivity index (χ1v) is 7.33. The summed E-state index contributed by atoms with van der Waals surface area (Å²) in [5.74, 6) is -1.29. The van der Waals surface area contributed by atoms with Crippen molar-refractivity contribution in [3.63, 3.8) is 0 Å². The Balaban J connectivity index is 1.79. The van der Waals surface area contributed by atoms with Gasteiger partial charge in [0.05, 0.1) is 11.6 Å². The Bertz CT molecular complexity index is 702. The summed E-state index contributed by atoms with van der Waals surface area (Å²) in [5, 5.41) is 16.0. The molecule has 22 heavy (non-hydrogen) atoms. The number of carbonyl (C=O) groups excluding carboxylic acids is 1. The first-order chi connectivity index (χ1) is 10.6. The Morgan fingerprint density at radius 1 is 1.23 bits per heavy atom. The third kappa shape index (κ3) is 2.86. The minimum absolute atomic E-state index is 0.141. The lowest BCUT2D eigenvalue weighted by Gasteiger charge is -2.14. The number of carboxylic acid groups (broad SMARTS) is 1. The van der Waals surface area contributed by atoms with Gasteiger partial charge in [0.1, 0.15) is 5.69 Å². The first-order valence-electron chi connectivity index (χ1n) is 7.33. The number of aromatic nitrogens is 2. The number of rotatable bonds is 4. The number of nitrogens with zero attached hydrogens (tertiary/aromatic N) is 2. The molecule has 1 saturated carbocycles. The summed E-state index contributed by atoms with van der Waals surface area (Å²) in [5.41, 5.74) is 1.11. The lowest BCUT2D eigenvalue weighted by Crippen LogP contribution is -2.20. The standard InChI is InChI=1S/C16H17N3O3/c20-15(18-12-5-3-4-11(10-12)16(21)22)14-8-9-17-19(14)13-6-1-2-7-13/h3-5,8-10,13H,1-2,6-7H2,(H,18,20)(H,21,22). The predicted molar refractivity (Wildman–Crippen MR) is 81.1 cm³/mol. The zero-order chi connectivity index (χ0) is 15.5. The van der Waals surface area contributed by atoms with Crippen molar-refractivity contribution in [3.8, 4) is 0 Å². The van der Waals surface area contributed by atoms with Crippen molar-refractivity contribution in [1.29, 1.82) is 0 Å². The van der Waals surface area contributed by atoms with Crippen LogP contribution in [-0.4, -0.2) is 26.8 Å². The molecule has 0 atom stereocenters. The van der Waals surface area contributed by atoms with Gasteiger partial charge in [-0.15, -0.1) is 0 Å². The van der Waals surface area contributed by atoms with Crippen LogP contribution in [0, 0.1) is 0 Å². The summed E-state index contributed by atoms with van der Waals surface area (Å²) in [4.78, 5) is 23.4. The van der Waals surface area contributed by atoms with Gasteiger partial charge in [0.15, 0.2) is 0 Å². The van der Waals surface area contributed by atoms with Gasteiger partial charge >= 0.3 is 5.97 Å². The molecule has 1 aliphatic carbocycles. The molecule has 3 rings (SSSR count). The van der Waals surface area contributed by atoms with Crippen molar-refractivity contribution in [1.82, 2.24) is 9.78 Å². The van der Waals surface area contributed by atoms with Crippen molar-refractivity contribution >= 4 is 17.6 Å². The van der Waals surface area contributed by atoms with E-state index >= 15 is 0 Å². The van der Waals surface area contributed by atoms with Gasteiger partial charge in [-0.1, -0.05) is 18.9 Å². The molecule has 0 saturated heterocycles. The smallest absolute Gasteiger partial charge is 0.335 e. The molecule has 0 bridgehead atoms. The highest BCUT2D eigenvalue weighted by Crippen LogP contribution is 2.30. The fourth-order valence-electron chi connectivity index (χ4n) is 2.86. The van der Waals surface area contributed by atoms with Gasteiger partial charge in [0, 0.05) is 11.9 Å². The normalized spacial score (nSPS) is 14.9. The van der Waals surface area contributed by atoms with Gasteiger partial charge in [-0.05, 0) is 37.1 Å². The molecule has 114 valence electrons. The lowest BCUT2D eigenvalue weighted by molar-refractivity contribution is 0.0696. The number of anilines is 1. The zero-order valence-corrected chi connectivity index (χ0v) is 12.0. The predicted octanol–water partition coefficient (Wildman–Crippen LogP) is 2.95. The van der Waals surface area contributed by atoms with E-state index in [1.165, 1.54) is 12.1 Å². The first kappa shape index (κ1) is 14.3.